The van der Waals surface area contributed by atoms with Crippen molar-refractivity contribution < 1.29 is 14.3 Å². The number of rotatable bonds is 5. The summed E-state index contributed by atoms with van der Waals surface area (Å²) in [7, 11) is 3.29. The Kier molecular flexibility index (Phi) is 5.25. The number of amides is 1. The molecule has 2 aromatic heterocycles. The first kappa shape index (κ1) is 18.4. The first-order chi connectivity index (χ1) is 13.7. The van der Waals surface area contributed by atoms with Crippen LogP contribution in [0.5, 0.6) is 5.88 Å². The van der Waals surface area contributed by atoms with Gasteiger partial charge in [0, 0.05) is 39.2 Å². The van der Waals surface area contributed by atoms with Gasteiger partial charge in [-0.3, -0.25) is 4.79 Å². The van der Waals surface area contributed by atoms with E-state index in [1.54, 1.807) is 31.2 Å². The van der Waals surface area contributed by atoms with Crippen LogP contribution in [0.15, 0.2) is 29.5 Å². The minimum Gasteiger partial charge on any atom is -0.481 e. The van der Waals surface area contributed by atoms with Gasteiger partial charge < -0.3 is 19.8 Å². The van der Waals surface area contributed by atoms with E-state index in [9.17, 15) is 4.79 Å². The van der Waals surface area contributed by atoms with Crippen molar-refractivity contribution in [2.24, 2.45) is 5.10 Å². The largest absolute Gasteiger partial charge is 0.481 e. The van der Waals surface area contributed by atoms with E-state index in [1.807, 2.05) is 17.0 Å². The highest BCUT2D eigenvalue weighted by Crippen LogP contribution is 2.20. The van der Waals surface area contributed by atoms with E-state index in [0.717, 1.165) is 42.9 Å². The fraction of sp³-hybridized carbons (Fsp3) is 0.474. The SMILES string of the molecule is COc1ccc(-n2nc(C(=O)N3CCC(OC)CC3)cc2C2=NNCC2)cn1. The number of piperidine rings is 1. The van der Waals surface area contributed by atoms with Crippen LogP contribution in [0.4, 0.5) is 0 Å². The number of hydrogen-bond donors (Lipinski definition) is 1. The van der Waals surface area contributed by atoms with Crippen LogP contribution < -0.4 is 10.2 Å². The summed E-state index contributed by atoms with van der Waals surface area (Å²) in [6.07, 6.45) is 4.36. The summed E-state index contributed by atoms with van der Waals surface area (Å²) in [4.78, 5) is 19.1. The van der Waals surface area contributed by atoms with Gasteiger partial charge in [-0.25, -0.2) is 9.67 Å². The fourth-order valence-corrected chi connectivity index (χ4v) is 3.53. The van der Waals surface area contributed by atoms with Crippen molar-refractivity contribution in [3.8, 4) is 11.6 Å². The van der Waals surface area contributed by atoms with E-state index in [4.69, 9.17) is 9.47 Å². The monoisotopic (exact) mass is 384 g/mol. The summed E-state index contributed by atoms with van der Waals surface area (Å²) in [5, 5.41) is 8.95. The molecule has 9 nitrogen and oxygen atoms in total. The Morgan fingerprint density at radius 1 is 1.25 bits per heavy atom. The molecule has 2 aromatic rings. The maximum Gasteiger partial charge on any atom is 0.274 e. The van der Waals surface area contributed by atoms with Crippen LogP contribution >= 0.6 is 0 Å². The molecule has 1 amide bonds. The molecule has 1 saturated heterocycles. The zero-order valence-corrected chi connectivity index (χ0v) is 16.1. The van der Waals surface area contributed by atoms with Gasteiger partial charge in [-0.1, -0.05) is 0 Å². The molecular formula is C19H24N6O3. The van der Waals surface area contributed by atoms with Gasteiger partial charge in [0.05, 0.1) is 36.5 Å². The van der Waals surface area contributed by atoms with E-state index in [-0.39, 0.29) is 12.0 Å². The maximum absolute atomic E-state index is 13.0. The number of nitrogens with one attached hydrogen (secondary N) is 1. The molecule has 0 aliphatic carbocycles. The molecule has 0 unspecified atom stereocenters. The molecule has 1 N–H and O–H groups in total. The van der Waals surface area contributed by atoms with Crippen LogP contribution in [-0.4, -0.2) is 71.2 Å². The number of pyridine rings is 1. The number of ether oxygens (including phenoxy) is 2. The van der Waals surface area contributed by atoms with Gasteiger partial charge in [0.15, 0.2) is 5.69 Å². The van der Waals surface area contributed by atoms with E-state index < -0.39 is 0 Å². The molecule has 0 atom stereocenters. The summed E-state index contributed by atoms with van der Waals surface area (Å²) in [5.74, 6) is 0.456. The number of aromatic nitrogens is 3. The Labute approximate surface area is 163 Å². The standard InChI is InChI=1S/C19H24N6O3/c1-27-14-6-9-24(10-7-14)19(26)16-11-17(15-5-8-21-22-15)25(23-16)13-3-4-18(28-2)20-12-13/h3-4,11-12,14,21H,5-10H2,1-2H3. The smallest absolute Gasteiger partial charge is 0.274 e. The zero-order chi connectivity index (χ0) is 19.5. The first-order valence-corrected chi connectivity index (χ1v) is 9.42. The van der Waals surface area contributed by atoms with Crippen molar-refractivity contribution >= 4 is 11.6 Å². The van der Waals surface area contributed by atoms with Crippen LogP contribution in [0.1, 0.15) is 35.4 Å². The lowest BCUT2D eigenvalue weighted by Gasteiger charge is -2.30. The zero-order valence-electron chi connectivity index (χ0n) is 16.1. The van der Waals surface area contributed by atoms with Crippen molar-refractivity contribution in [1.82, 2.24) is 25.1 Å². The quantitative estimate of drug-likeness (QED) is 0.833. The molecule has 2 aliphatic heterocycles. The first-order valence-electron chi connectivity index (χ1n) is 9.42. The van der Waals surface area contributed by atoms with Crippen LogP contribution in [-0.2, 0) is 4.74 Å². The van der Waals surface area contributed by atoms with Crippen molar-refractivity contribution in [3.63, 3.8) is 0 Å². The minimum absolute atomic E-state index is 0.0671. The fourth-order valence-electron chi connectivity index (χ4n) is 3.53. The molecule has 148 valence electrons. The normalized spacial score (nSPS) is 17.4. The third-order valence-corrected chi connectivity index (χ3v) is 5.15. The molecule has 4 heterocycles. The van der Waals surface area contributed by atoms with Crippen molar-refractivity contribution in [1.29, 1.82) is 0 Å². The number of methoxy groups -OCH3 is 2. The Balaban J connectivity index is 1.64. The number of likely N-dealkylation sites (tertiary alicyclic amines) is 1. The highest BCUT2D eigenvalue weighted by Gasteiger charge is 2.27. The summed E-state index contributed by atoms with van der Waals surface area (Å²) < 4.78 is 12.3. The Hall–Kier alpha value is -2.94. The Bertz CT molecular complexity index is 868. The highest BCUT2D eigenvalue weighted by atomic mass is 16.5. The number of carbonyl (C=O) groups excluding carboxylic acids is 1. The van der Waals surface area contributed by atoms with Gasteiger partial charge in [0.1, 0.15) is 0 Å². The van der Waals surface area contributed by atoms with Gasteiger partial charge >= 0.3 is 0 Å². The van der Waals surface area contributed by atoms with Crippen molar-refractivity contribution in [2.45, 2.75) is 25.4 Å². The molecule has 0 bridgehead atoms. The molecule has 0 aromatic carbocycles. The van der Waals surface area contributed by atoms with Crippen molar-refractivity contribution in [3.05, 3.63) is 35.8 Å². The van der Waals surface area contributed by atoms with Crippen LogP contribution in [0.2, 0.25) is 0 Å². The van der Waals surface area contributed by atoms with Crippen LogP contribution in [0.3, 0.4) is 0 Å². The van der Waals surface area contributed by atoms with E-state index in [0.29, 0.717) is 24.7 Å². The second-order valence-corrected chi connectivity index (χ2v) is 6.83. The number of nitrogens with zero attached hydrogens (tertiary/aromatic N) is 5. The third-order valence-electron chi connectivity index (χ3n) is 5.15. The molecule has 9 heteroatoms. The lowest BCUT2D eigenvalue weighted by Crippen LogP contribution is -2.40. The van der Waals surface area contributed by atoms with Crippen LogP contribution in [0.25, 0.3) is 5.69 Å². The minimum atomic E-state index is -0.0671. The predicted molar refractivity (Wildman–Crippen MR) is 103 cm³/mol. The average Bonchev–Trinajstić information content (AvgIpc) is 3.43. The lowest BCUT2D eigenvalue weighted by molar-refractivity contribution is 0.0347. The van der Waals surface area contributed by atoms with Gasteiger partial charge in [0.25, 0.3) is 5.91 Å². The van der Waals surface area contributed by atoms with Gasteiger partial charge in [0.2, 0.25) is 5.88 Å². The van der Waals surface area contributed by atoms with E-state index >= 15 is 0 Å². The second-order valence-electron chi connectivity index (χ2n) is 6.83. The van der Waals surface area contributed by atoms with Gasteiger partial charge in [-0.15, -0.1) is 0 Å². The number of hydrogen-bond acceptors (Lipinski definition) is 7. The number of carbonyl (C=O) groups is 1. The predicted octanol–water partition coefficient (Wildman–Crippen LogP) is 1.22. The molecule has 0 spiro atoms. The maximum atomic E-state index is 13.0. The van der Waals surface area contributed by atoms with Crippen LogP contribution in [0, 0.1) is 0 Å². The lowest BCUT2D eigenvalue weighted by atomic mass is 10.1. The molecule has 28 heavy (non-hydrogen) atoms. The summed E-state index contributed by atoms with van der Waals surface area (Å²) in [5.41, 5.74) is 5.82. The molecule has 1 fully saturated rings. The Morgan fingerprint density at radius 3 is 2.68 bits per heavy atom. The third kappa shape index (κ3) is 3.57. The highest BCUT2D eigenvalue weighted by molar-refractivity contribution is 6.03. The second kappa shape index (κ2) is 7.97. The molecule has 0 radical (unpaired) electrons. The molecule has 4 rings (SSSR count). The van der Waals surface area contributed by atoms with Gasteiger partial charge in [-0.05, 0) is 25.0 Å². The van der Waals surface area contributed by atoms with E-state index in [1.165, 1.54) is 0 Å². The summed E-state index contributed by atoms with van der Waals surface area (Å²) in [6.45, 7) is 2.12. The molecular weight excluding hydrogens is 360 g/mol. The molecule has 0 saturated carbocycles. The summed E-state index contributed by atoms with van der Waals surface area (Å²) in [6, 6.07) is 5.46. The number of hydrazone groups is 1. The van der Waals surface area contributed by atoms with E-state index in [2.05, 4.69) is 20.6 Å². The van der Waals surface area contributed by atoms with Gasteiger partial charge in [-0.2, -0.15) is 10.2 Å². The topological polar surface area (TPSA) is 93.9 Å². The summed E-state index contributed by atoms with van der Waals surface area (Å²) >= 11 is 0. The van der Waals surface area contributed by atoms with Crippen molar-refractivity contribution in [2.75, 3.05) is 33.9 Å². The molecule has 2 aliphatic rings. The Morgan fingerprint density at radius 2 is 2.07 bits per heavy atom. The average molecular weight is 384 g/mol.